The first kappa shape index (κ1) is 18.5. The molecule has 10 heteroatoms. The summed E-state index contributed by atoms with van der Waals surface area (Å²) >= 11 is 1.04. The van der Waals surface area contributed by atoms with Crippen LogP contribution >= 0.6 is 11.3 Å². The van der Waals surface area contributed by atoms with Gasteiger partial charge >= 0.3 is 10.8 Å². The minimum atomic E-state index is -0.564. The predicted molar refractivity (Wildman–Crippen MR) is 102 cm³/mol. The van der Waals surface area contributed by atoms with Crippen LogP contribution in [0.3, 0.4) is 0 Å². The second kappa shape index (κ2) is 7.96. The third-order valence-corrected chi connectivity index (χ3v) is 4.60. The first-order chi connectivity index (χ1) is 12.9. The van der Waals surface area contributed by atoms with Crippen molar-refractivity contribution < 1.29 is 9.53 Å². The largest absolute Gasteiger partial charge is 0.456 e. The monoisotopic (exact) mass is 386 g/mol. The standard InChI is InChI=1S/C17H18N6O3S/c1-10-5-3-4-6-12(10)19-16-21-13(20-15(18)22-16)8-26-14(24)7-23-11(2)9-27-17(23)25/h3-6,9H,7-8H2,1-2H3,(H3,18,19,20,21,22). The number of esters is 1. The van der Waals surface area contributed by atoms with Gasteiger partial charge in [0.05, 0.1) is 0 Å². The number of thiazole rings is 1. The summed E-state index contributed by atoms with van der Waals surface area (Å²) in [5, 5.41) is 4.75. The second-order valence-electron chi connectivity index (χ2n) is 5.76. The summed E-state index contributed by atoms with van der Waals surface area (Å²) in [6, 6.07) is 7.64. The molecule has 0 unspecified atom stereocenters. The maximum atomic E-state index is 12.0. The van der Waals surface area contributed by atoms with Crippen molar-refractivity contribution in [3.8, 4) is 0 Å². The molecule has 0 aliphatic carbocycles. The molecular weight excluding hydrogens is 368 g/mol. The van der Waals surface area contributed by atoms with Crippen LogP contribution in [0.4, 0.5) is 17.6 Å². The lowest BCUT2D eigenvalue weighted by molar-refractivity contribution is -0.146. The zero-order chi connectivity index (χ0) is 19.4. The molecule has 27 heavy (non-hydrogen) atoms. The molecule has 3 N–H and O–H groups in total. The van der Waals surface area contributed by atoms with Gasteiger partial charge in [0.15, 0.2) is 12.4 Å². The molecule has 3 rings (SSSR count). The van der Waals surface area contributed by atoms with Gasteiger partial charge in [-0.2, -0.15) is 15.0 Å². The number of nitrogens with one attached hydrogen (secondary N) is 1. The molecule has 1 aromatic carbocycles. The van der Waals surface area contributed by atoms with Crippen LogP contribution in [-0.2, 0) is 22.7 Å². The van der Waals surface area contributed by atoms with Crippen molar-refractivity contribution in [2.75, 3.05) is 11.1 Å². The molecule has 0 radical (unpaired) electrons. The van der Waals surface area contributed by atoms with E-state index in [9.17, 15) is 9.59 Å². The zero-order valence-electron chi connectivity index (χ0n) is 14.8. The summed E-state index contributed by atoms with van der Waals surface area (Å²) in [4.78, 5) is 35.7. The van der Waals surface area contributed by atoms with Crippen molar-refractivity contribution in [1.29, 1.82) is 0 Å². The van der Waals surface area contributed by atoms with Gasteiger partial charge in [-0.15, -0.1) is 0 Å². The Bertz CT molecular complexity index is 1030. The maximum absolute atomic E-state index is 12.0. The number of nitrogens with zero attached hydrogens (tertiary/aromatic N) is 4. The smallest absolute Gasteiger partial charge is 0.326 e. The third-order valence-electron chi connectivity index (χ3n) is 3.72. The van der Waals surface area contributed by atoms with E-state index in [1.807, 2.05) is 31.2 Å². The molecule has 2 aromatic heterocycles. The SMILES string of the molecule is Cc1ccccc1Nc1nc(N)nc(COC(=O)Cn2c(C)csc2=O)n1. The molecule has 0 atom stereocenters. The number of benzene rings is 1. The minimum Gasteiger partial charge on any atom is -0.456 e. The second-order valence-corrected chi connectivity index (χ2v) is 6.58. The highest BCUT2D eigenvalue weighted by atomic mass is 32.1. The molecule has 0 fully saturated rings. The molecule has 0 saturated carbocycles. The zero-order valence-corrected chi connectivity index (χ0v) is 15.6. The van der Waals surface area contributed by atoms with E-state index < -0.39 is 5.97 Å². The number of carbonyl (C=O) groups is 1. The fourth-order valence-corrected chi connectivity index (χ4v) is 3.04. The molecule has 0 saturated heterocycles. The Balaban J connectivity index is 1.67. The molecule has 0 aliphatic rings. The van der Waals surface area contributed by atoms with E-state index in [0.717, 1.165) is 22.6 Å². The Morgan fingerprint density at radius 3 is 2.74 bits per heavy atom. The summed E-state index contributed by atoms with van der Waals surface area (Å²) < 4.78 is 6.51. The fraction of sp³-hybridized carbons (Fsp3) is 0.235. The van der Waals surface area contributed by atoms with E-state index in [4.69, 9.17) is 10.5 Å². The van der Waals surface area contributed by atoms with Crippen molar-refractivity contribution in [2.45, 2.75) is 27.0 Å². The Morgan fingerprint density at radius 2 is 2.04 bits per heavy atom. The van der Waals surface area contributed by atoms with Gasteiger partial charge in [0, 0.05) is 16.8 Å². The number of para-hydroxylation sites is 1. The minimum absolute atomic E-state index is 0.0111. The van der Waals surface area contributed by atoms with Gasteiger partial charge in [0.1, 0.15) is 6.54 Å². The first-order valence-electron chi connectivity index (χ1n) is 8.06. The van der Waals surface area contributed by atoms with E-state index >= 15 is 0 Å². The van der Waals surface area contributed by atoms with Crippen LogP contribution < -0.4 is 15.9 Å². The summed E-state index contributed by atoms with van der Waals surface area (Å²) in [5.41, 5.74) is 8.27. The van der Waals surface area contributed by atoms with Crippen LogP contribution in [0.5, 0.6) is 0 Å². The van der Waals surface area contributed by atoms with E-state index in [1.54, 1.807) is 12.3 Å². The highest BCUT2D eigenvalue weighted by Crippen LogP contribution is 2.17. The lowest BCUT2D eigenvalue weighted by Gasteiger charge is -2.10. The molecule has 140 valence electrons. The summed E-state index contributed by atoms with van der Waals surface area (Å²) in [5.74, 6) is -0.0860. The average molecular weight is 386 g/mol. The van der Waals surface area contributed by atoms with Gasteiger partial charge in [-0.1, -0.05) is 29.5 Å². The quantitative estimate of drug-likeness (QED) is 0.614. The molecule has 9 nitrogen and oxygen atoms in total. The summed E-state index contributed by atoms with van der Waals surface area (Å²) in [6.45, 7) is 3.36. The topological polar surface area (TPSA) is 125 Å². The van der Waals surface area contributed by atoms with E-state index in [0.29, 0.717) is 5.69 Å². The van der Waals surface area contributed by atoms with E-state index in [1.165, 1.54) is 4.57 Å². The molecule has 3 aromatic rings. The van der Waals surface area contributed by atoms with E-state index in [-0.39, 0.29) is 35.7 Å². The van der Waals surface area contributed by atoms with Crippen LogP contribution in [0.25, 0.3) is 0 Å². The van der Waals surface area contributed by atoms with Crippen LogP contribution in [0.1, 0.15) is 17.1 Å². The first-order valence-corrected chi connectivity index (χ1v) is 8.94. The number of nitrogens with two attached hydrogens (primary N) is 1. The highest BCUT2D eigenvalue weighted by Gasteiger charge is 2.12. The Hall–Kier alpha value is -3.27. The Labute approximate surface area is 158 Å². The molecule has 0 bridgehead atoms. The summed E-state index contributed by atoms with van der Waals surface area (Å²) in [6.07, 6.45) is 0. The third kappa shape index (κ3) is 4.67. The molecule has 0 aliphatic heterocycles. The van der Waals surface area contributed by atoms with Gasteiger partial charge in [-0.3, -0.25) is 14.2 Å². The van der Waals surface area contributed by atoms with Gasteiger partial charge in [0.2, 0.25) is 11.9 Å². The number of hydrogen-bond donors (Lipinski definition) is 2. The van der Waals surface area contributed by atoms with Crippen LogP contribution in [0.15, 0.2) is 34.4 Å². The number of rotatable bonds is 6. The van der Waals surface area contributed by atoms with Crippen molar-refractivity contribution >= 4 is 34.9 Å². The summed E-state index contributed by atoms with van der Waals surface area (Å²) in [7, 11) is 0. The molecule has 0 spiro atoms. The maximum Gasteiger partial charge on any atom is 0.326 e. The number of hydrogen-bond acceptors (Lipinski definition) is 9. The van der Waals surface area contributed by atoms with Gasteiger partial charge in [0.25, 0.3) is 0 Å². The van der Waals surface area contributed by atoms with Crippen molar-refractivity contribution in [1.82, 2.24) is 19.5 Å². The number of aromatic nitrogens is 4. The van der Waals surface area contributed by atoms with Crippen LogP contribution in [-0.4, -0.2) is 25.5 Å². The molecule has 2 heterocycles. The number of ether oxygens (including phenoxy) is 1. The van der Waals surface area contributed by atoms with Crippen molar-refractivity contribution in [2.24, 2.45) is 0 Å². The lowest BCUT2D eigenvalue weighted by atomic mass is 10.2. The fourth-order valence-electron chi connectivity index (χ4n) is 2.31. The van der Waals surface area contributed by atoms with Crippen molar-refractivity contribution in [3.63, 3.8) is 0 Å². The predicted octanol–water partition coefficient (Wildman–Crippen LogP) is 1.78. The van der Waals surface area contributed by atoms with Gasteiger partial charge in [-0.05, 0) is 25.5 Å². The van der Waals surface area contributed by atoms with Crippen LogP contribution in [0.2, 0.25) is 0 Å². The van der Waals surface area contributed by atoms with Crippen molar-refractivity contribution in [3.05, 3.63) is 56.4 Å². The number of carbonyl (C=O) groups excluding carboxylic acids is 1. The number of aryl methyl sites for hydroxylation is 2. The lowest BCUT2D eigenvalue weighted by Crippen LogP contribution is -2.22. The number of anilines is 3. The number of nitrogen functional groups attached to an aromatic ring is 1. The average Bonchev–Trinajstić information content (AvgIpc) is 2.93. The van der Waals surface area contributed by atoms with Crippen LogP contribution in [0, 0.1) is 13.8 Å². The molecule has 0 amide bonds. The van der Waals surface area contributed by atoms with E-state index in [2.05, 4.69) is 20.3 Å². The van der Waals surface area contributed by atoms with Gasteiger partial charge < -0.3 is 15.8 Å². The Morgan fingerprint density at radius 1 is 1.26 bits per heavy atom. The van der Waals surface area contributed by atoms with Gasteiger partial charge in [-0.25, -0.2) is 0 Å². The Kier molecular flexibility index (Phi) is 5.46. The molecular formula is C17H18N6O3S. The highest BCUT2D eigenvalue weighted by molar-refractivity contribution is 7.07. The normalized spacial score (nSPS) is 10.6.